The summed E-state index contributed by atoms with van der Waals surface area (Å²) in [6.07, 6.45) is 3.40. The van der Waals surface area contributed by atoms with Gasteiger partial charge in [-0.2, -0.15) is 0 Å². The maximum atomic E-state index is 10.3. The molecule has 0 saturated carbocycles. The minimum atomic E-state index is 0.0228. The van der Waals surface area contributed by atoms with Crippen LogP contribution in [0.3, 0.4) is 0 Å². The average Bonchev–Trinajstić information content (AvgIpc) is 3.05. The number of imidazole rings is 1. The number of nitrogens with zero attached hydrogens (tertiary/aromatic N) is 2. The summed E-state index contributed by atoms with van der Waals surface area (Å²) in [7, 11) is 0. The van der Waals surface area contributed by atoms with E-state index in [1.807, 2.05) is 55.7 Å². The number of aromatic nitrogens is 2. The second-order valence-corrected chi connectivity index (χ2v) is 6.16. The zero-order valence-corrected chi connectivity index (χ0v) is 14.6. The maximum absolute atomic E-state index is 10.3. The molecule has 0 aliphatic heterocycles. The van der Waals surface area contributed by atoms with E-state index in [0.29, 0.717) is 12.2 Å². The molecule has 2 N–H and O–H groups in total. The van der Waals surface area contributed by atoms with Crippen LogP contribution in [0.1, 0.15) is 32.3 Å². The van der Waals surface area contributed by atoms with Crippen molar-refractivity contribution >= 4 is 0 Å². The first-order valence-corrected chi connectivity index (χ1v) is 8.33. The monoisotopic (exact) mass is 338 g/mol. The molecular formula is C20H22N2O3. The van der Waals surface area contributed by atoms with Gasteiger partial charge in [0.1, 0.15) is 17.2 Å². The van der Waals surface area contributed by atoms with E-state index in [4.69, 9.17) is 4.74 Å². The number of phenolic OH excluding ortho intramolecular Hbond substituents is 2. The number of hydrogen-bond donors (Lipinski definition) is 2. The summed E-state index contributed by atoms with van der Waals surface area (Å²) in [5.74, 6) is 1.07. The van der Waals surface area contributed by atoms with Gasteiger partial charge in [-0.25, -0.2) is 4.98 Å². The van der Waals surface area contributed by atoms with Crippen LogP contribution in [0, 0.1) is 0 Å². The van der Waals surface area contributed by atoms with Crippen molar-refractivity contribution in [2.45, 2.75) is 26.7 Å². The van der Waals surface area contributed by atoms with Crippen LogP contribution in [0.5, 0.6) is 17.2 Å². The van der Waals surface area contributed by atoms with Gasteiger partial charge in [0.25, 0.3) is 0 Å². The van der Waals surface area contributed by atoms with Crippen LogP contribution in [0.4, 0.5) is 0 Å². The molecule has 0 spiro atoms. The summed E-state index contributed by atoms with van der Waals surface area (Å²) < 4.78 is 7.37. The molecule has 2 aromatic carbocycles. The maximum Gasteiger partial charge on any atom is 0.128 e. The number of benzene rings is 2. The Morgan fingerprint density at radius 3 is 2.44 bits per heavy atom. The van der Waals surface area contributed by atoms with Crippen molar-refractivity contribution in [3.05, 3.63) is 54.5 Å². The van der Waals surface area contributed by atoms with Crippen LogP contribution < -0.4 is 4.74 Å². The Morgan fingerprint density at radius 1 is 1.08 bits per heavy atom. The van der Waals surface area contributed by atoms with Crippen LogP contribution in [0.15, 0.2) is 48.9 Å². The molecule has 3 aromatic rings. The van der Waals surface area contributed by atoms with Gasteiger partial charge in [-0.05, 0) is 48.7 Å². The normalized spacial score (nSPS) is 11.0. The lowest BCUT2D eigenvalue weighted by molar-refractivity contribution is 0.340. The Labute approximate surface area is 147 Å². The summed E-state index contributed by atoms with van der Waals surface area (Å²) in [4.78, 5) is 4.23. The molecule has 130 valence electrons. The first-order chi connectivity index (χ1) is 12.0. The highest BCUT2D eigenvalue weighted by molar-refractivity contribution is 5.71. The van der Waals surface area contributed by atoms with Gasteiger partial charge in [0.15, 0.2) is 0 Å². The van der Waals surface area contributed by atoms with E-state index < -0.39 is 0 Å². The van der Waals surface area contributed by atoms with Crippen LogP contribution in [0.2, 0.25) is 0 Å². The van der Waals surface area contributed by atoms with Crippen molar-refractivity contribution < 1.29 is 14.9 Å². The fourth-order valence-electron chi connectivity index (χ4n) is 2.83. The Hall–Kier alpha value is -2.95. The summed E-state index contributed by atoms with van der Waals surface area (Å²) in [6.45, 7) is 6.57. The molecule has 0 bridgehead atoms. The Balaban J connectivity index is 2.06. The smallest absolute Gasteiger partial charge is 0.128 e. The molecule has 25 heavy (non-hydrogen) atoms. The van der Waals surface area contributed by atoms with E-state index in [2.05, 4.69) is 4.98 Å². The largest absolute Gasteiger partial charge is 0.508 e. The summed E-state index contributed by atoms with van der Waals surface area (Å²) >= 11 is 0. The van der Waals surface area contributed by atoms with E-state index >= 15 is 0 Å². The van der Waals surface area contributed by atoms with Crippen molar-refractivity contribution in [1.29, 1.82) is 0 Å². The SMILES string of the molecule is CCOc1ccc(-n2cncc2-c2cc(C(C)C)c(O)cc2O)cc1. The fraction of sp³-hybridized carbons (Fsp3) is 0.250. The van der Waals surface area contributed by atoms with Crippen molar-refractivity contribution in [1.82, 2.24) is 9.55 Å². The molecule has 0 aliphatic rings. The molecule has 3 rings (SSSR count). The van der Waals surface area contributed by atoms with Gasteiger partial charge in [-0.15, -0.1) is 0 Å². The van der Waals surface area contributed by atoms with Gasteiger partial charge in [0.2, 0.25) is 0 Å². The number of phenols is 2. The van der Waals surface area contributed by atoms with Gasteiger partial charge in [-0.1, -0.05) is 13.8 Å². The summed E-state index contributed by atoms with van der Waals surface area (Å²) in [5, 5.41) is 20.4. The third-order valence-corrected chi connectivity index (χ3v) is 4.11. The standard InChI is InChI=1S/C20H22N2O3/c1-4-25-15-7-5-14(6-8-15)22-12-21-11-18(22)17-9-16(13(2)3)19(23)10-20(17)24/h5-13,23-24H,4H2,1-3H3. The van der Waals surface area contributed by atoms with Crippen molar-refractivity contribution in [3.63, 3.8) is 0 Å². The van der Waals surface area contributed by atoms with E-state index in [1.165, 1.54) is 6.07 Å². The second-order valence-electron chi connectivity index (χ2n) is 6.16. The molecule has 0 saturated heterocycles. The lowest BCUT2D eigenvalue weighted by atomic mass is 9.97. The topological polar surface area (TPSA) is 67.5 Å². The van der Waals surface area contributed by atoms with E-state index in [0.717, 1.165) is 22.7 Å². The highest BCUT2D eigenvalue weighted by Crippen LogP contribution is 2.38. The molecule has 0 radical (unpaired) electrons. The lowest BCUT2D eigenvalue weighted by Crippen LogP contribution is -1.98. The minimum absolute atomic E-state index is 0.0228. The second kappa shape index (κ2) is 6.89. The zero-order chi connectivity index (χ0) is 18.0. The average molecular weight is 338 g/mol. The van der Waals surface area contributed by atoms with Crippen molar-refractivity contribution in [2.24, 2.45) is 0 Å². The Kier molecular flexibility index (Phi) is 4.65. The number of hydrogen-bond acceptors (Lipinski definition) is 4. The molecule has 0 fully saturated rings. The van der Waals surface area contributed by atoms with Crippen molar-refractivity contribution in [2.75, 3.05) is 6.61 Å². The molecule has 5 nitrogen and oxygen atoms in total. The number of ether oxygens (including phenoxy) is 1. The van der Waals surface area contributed by atoms with Crippen LogP contribution in [0.25, 0.3) is 16.9 Å². The predicted octanol–water partition coefficient (Wildman–Crippen LogP) is 4.47. The summed E-state index contributed by atoms with van der Waals surface area (Å²) in [5.41, 5.74) is 3.08. The predicted molar refractivity (Wildman–Crippen MR) is 97.6 cm³/mol. The third-order valence-electron chi connectivity index (χ3n) is 4.11. The molecule has 1 heterocycles. The van der Waals surface area contributed by atoms with Crippen LogP contribution in [-0.2, 0) is 0 Å². The van der Waals surface area contributed by atoms with Gasteiger partial charge >= 0.3 is 0 Å². The summed E-state index contributed by atoms with van der Waals surface area (Å²) in [6, 6.07) is 10.9. The molecule has 0 atom stereocenters. The first-order valence-electron chi connectivity index (χ1n) is 8.33. The van der Waals surface area contributed by atoms with Gasteiger partial charge < -0.3 is 14.9 Å². The molecule has 5 heteroatoms. The molecule has 0 unspecified atom stereocenters. The van der Waals surface area contributed by atoms with Gasteiger partial charge in [0, 0.05) is 17.3 Å². The Bertz CT molecular complexity index is 867. The van der Waals surface area contributed by atoms with Gasteiger partial charge in [0.05, 0.1) is 24.8 Å². The van der Waals surface area contributed by atoms with Crippen molar-refractivity contribution in [3.8, 4) is 34.2 Å². The van der Waals surface area contributed by atoms with Gasteiger partial charge in [-0.3, -0.25) is 4.57 Å². The highest BCUT2D eigenvalue weighted by Gasteiger charge is 2.16. The third kappa shape index (κ3) is 3.31. The number of aromatic hydroxyl groups is 2. The highest BCUT2D eigenvalue weighted by atomic mass is 16.5. The molecule has 0 amide bonds. The lowest BCUT2D eigenvalue weighted by Gasteiger charge is -2.14. The zero-order valence-electron chi connectivity index (χ0n) is 14.6. The first kappa shape index (κ1) is 16.9. The number of rotatable bonds is 5. The van der Waals surface area contributed by atoms with E-state index in [-0.39, 0.29) is 17.4 Å². The molecular weight excluding hydrogens is 316 g/mol. The van der Waals surface area contributed by atoms with E-state index in [9.17, 15) is 10.2 Å². The van der Waals surface area contributed by atoms with Crippen LogP contribution >= 0.6 is 0 Å². The molecule has 1 aromatic heterocycles. The molecule has 0 aliphatic carbocycles. The quantitative estimate of drug-likeness (QED) is 0.720. The fourth-order valence-corrected chi connectivity index (χ4v) is 2.83. The van der Waals surface area contributed by atoms with E-state index in [1.54, 1.807) is 12.5 Å². The Morgan fingerprint density at radius 2 is 1.80 bits per heavy atom. The van der Waals surface area contributed by atoms with Crippen LogP contribution in [-0.4, -0.2) is 26.4 Å². The minimum Gasteiger partial charge on any atom is -0.508 e.